The molecular weight excluding hydrogens is 418 g/mol. The summed E-state index contributed by atoms with van der Waals surface area (Å²) in [5, 5.41) is 0. The van der Waals surface area contributed by atoms with Crippen LogP contribution in [0.5, 0.6) is 5.75 Å². The molecule has 0 bridgehead atoms. The van der Waals surface area contributed by atoms with Crippen LogP contribution in [-0.2, 0) is 32.0 Å². The van der Waals surface area contributed by atoms with E-state index >= 15 is 0 Å². The number of hydrogen-bond acceptors (Lipinski definition) is 6. The summed E-state index contributed by atoms with van der Waals surface area (Å²) in [7, 11) is 4.23. The van der Waals surface area contributed by atoms with Gasteiger partial charge in [-0.05, 0) is 22.8 Å². The first-order valence-electron chi connectivity index (χ1n) is 10.7. The predicted molar refractivity (Wildman–Crippen MR) is 125 cm³/mol. The zero-order valence-electron chi connectivity index (χ0n) is 19.0. The molecule has 1 aliphatic heterocycles. The molecule has 0 saturated carbocycles. The zero-order chi connectivity index (χ0) is 23.4. The summed E-state index contributed by atoms with van der Waals surface area (Å²) >= 11 is 0. The van der Waals surface area contributed by atoms with Crippen molar-refractivity contribution in [3.8, 4) is 5.75 Å². The van der Waals surface area contributed by atoms with Crippen LogP contribution in [0.2, 0.25) is 0 Å². The smallest absolute Gasteiger partial charge is 0.326 e. The maximum atomic E-state index is 13.4. The van der Waals surface area contributed by atoms with Crippen LogP contribution in [0, 0.1) is 5.41 Å². The zero-order valence-corrected chi connectivity index (χ0v) is 19.0. The summed E-state index contributed by atoms with van der Waals surface area (Å²) in [5.74, 6) is -0.548. The maximum absolute atomic E-state index is 13.4. The Morgan fingerprint density at radius 1 is 0.879 bits per heavy atom. The number of nitrogens with zero attached hydrogens (tertiary/aromatic N) is 1. The van der Waals surface area contributed by atoms with E-state index < -0.39 is 23.4 Å². The molecule has 1 heterocycles. The molecule has 0 unspecified atom stereocenters. The molecular formula is C27H27NO5. The molecule has 0 N–H and O–H groups in total. The van der Waals surface area contributed by atoms with E-state index in [2.05, 4.69) is 4.90 Å². The van der Waals surface area contributed by atoms with Crippen LogP contribution < -0.4 is 9.64 Å². The minimum absolute atomic E-state index is 0.149. The summed E-state index contributed by atoms with van der Waals surface area (Å²) in [4.78, 5) is 28.9. The van der Waals surface area contributed by atoms with Crippen molar-refractivity contribution in [2.45, 2.75) is 19.0 Å². The van der Waals surface area contributed by atoms with Crippen molar-refractivity contribution < 1.29 is 23.8 Å². The van der Waals surface area contributed by atoms with Crippen molar-refractivity contribution in [1.29, 1.82) is 0 Å². The summed E-state index contributed by atoms with van der Waals surface area (Å²) in [6.45, 7) is 0.469. The Kier molecular flexibility index (Phi) is 6.36. The fourth-order valence-corrected chi connectivity index (χ4v) is 4.76. The highest BCUT2D eigenvalue weighted by Gasteiger charge is 2.60. The Labute approximate surface area is 193 Å². The molecule has 0 radical (unpaired) electrons. The molecule has 3 aromatic carbocycles. The number of carbonyl (C=O) groups excluding carboxylic acids is 2. The van der Waals surface area contributed by atoms with Crippen LogP contribution in [0.15, 0.2) is 78.9 Å². The SMILES string of the molecule is COC(=O)C1(C(=O)OC)Cc2ccc(OC)cc2N(Cc2ccccc2)[C@@H]1c1ccccc1. The fourth-order valence-electron chi connectivity index (χ4n) is 4.76. The van der Waals surface area contributed by atoms with Gasteiger partial charge in [-0.15, -0.1) is 0 Å². The number of benzene rings is 3. The van der Waals surface area contributed by atoms with Gasteiger partial charge in [0.05, 0.1) is 27.4 Å². The minimum Gasteiger partial charge on any atom is -0.497 e. The Bertz CT molecular complexity index is 1110. The van der Waals surface area contributed by atoms with Crippen LogP contribution in [0.25, 0.3) is 0 Å². The molecule has 1 atom stereocenters. The highest BCUT2D eigenvalue weighted by molar-refractivity contribution is 6.03. The van der Waals surface area contributed by atoms with Crippen LogP contribution >= 0.6 is 0 Å². The van der Waals surface area contributed by atoms with Gasteiger partial charge in [-0.2, -0.15) is 0 Å². The lowest BCUT2D eigenvalue weighted by Gasteiger charge is -2.48. The lowest BCUT2D eigenvalue weighted by atomic mass is 9.68. The molecule has 33 heavy (non-hydrogen) atoms. The van der Waals surface area contributed by atoms with Gasteiger partial charge in [0, 0.05) is 24.7 Å². The molecule has 0 amide bonds. The first-order chi connectivity index (χ1) is 16.0. The van der Waals surface area contributed by atoms with E-state index in [-0.39, 0.29) is 6.42 Å². The number of methoxy groups -OCH3 is 3. The summed E-state index contributed by atoms with van der Waals surface area (Å²) in [6.07, 6.45) is 0.149. The van der Waals surface area contributed by atoms with Crippen molar-refractivity contribution in [2.24, 2.45) is 5.41 Å². The van der Waals surface area contributed by atoms with Gasteiger partial charge in [-0.3, -0.25) is 9.59 Å². The molecule has 170 valence electrons. The van der Waals surface area contributed by atoms with Gasteiger partial charge in [0.2, 0.25) is 0 Å². The fraction of sp³-hybridized carbons (Fsp3) is 0.259. The van der Waals surface area contributed by atoms with Crippen molar-refractivity contribution in [2.75, 3.05) is 26.2 Å². The topological polar surface area (TPSA) is 65.1 Å². The maximum Gasteiger partial charge on any atom is 0.326 e. The number of carbonyl (C=O) groups is 2. The predicted octanol–water partition coefficient (Wildman–Crippen LogP) is 4.33. The molecule has 3 aromatic rings. The first kappa shape index (κ1) is 22.4. The molecule has 0 aliphatic carbocycles. The van der Waals surface area contributed by atoms with Gasteiger partial charge in [-0.1, -0.05) is 66.7 Å². The highest BCUT2D eigenvalue weighted by Crippen LogP contribution is 2.52. The Hall–Kier alpha value is -3.80. The Morgan fingerprint density at radius 2 is 1.48 bits per heavy atom. The third-order valence-electron chi connectivity index (χ3n) is 6.26. The Balaban J connectivity index is 2.01. The van der Waals surface area contributed by atoms with Crippen molar-refractivity contribution in [3.63, 3.8) is 0 Å². The normalized spacial score (nSPS) is 16.5. The average Bonchev–Trinajstić information content (AvgIpc) is 2.88. The second-order valence-corrected chi connectivity index (χ2v) is 8.05. The molecule has 0 fully saturated rings. The van der Waals surface area contributed by atoms with Crippen molar-refractivity contribution in [3.05, 3.63) is 95.6 Å². The molecule has 1 aliphatic rings. The average molecular weight is 446 g/mol. The standard InChI is InChI=1S/C27H27NO5/c1-31-22-15-14-21-17-27(25(29)32-2,26(30)33-3)24(20-12-8-5-9-13-20)28(23(21)16-22)18-19-10-6-4-7-11-19/h4-16,24H,17-18H2,1-3H3/t24-/m1/s1. The third-order valence-corrected chi connectivity index (χ3v) is 6.26. The first-order valence-corrected chi connectivity index (χ1v) is 10.7. The summed E-state index contributed by atoms with van der Waals surface area (Å²) in [5.41, 5.74) is 2.02. The minimum atomic E-state index is -1.58. The van der Waals surface area contributed by atoms with Crippen LogP contribution in [-0.4, -0.2) is 33.3 Å². The lowest BCUT2D eigenvalue weighted by Crippen LogP contribution is -2.56. The number of anilines is 1. The van der Waals surface area contributed by atoms with E-state index in [4.69, 9.17) is 14.2 Å². The second kappa shape index (κ2) is 9.36. The molecule has 0 saturated heterocycles. The highest BCUT2D eigenvalue weighted by atomic mass is 16.5. The molecule has 0 aromatic heterocycles. The summed E-state index contributed by atoms with van der Waals surface area (Å²) < 4.78 is 16.0. The van der Waals surface area contributed by atoms with E-state index in [0.29, 0.717) is 12.3 Å². The van der Waals surface area contributed by atoms with E-state index in [1.165, 1.54) is 14.2 Å². The van der Waals surface area contributed by atoms with Gasteiger partial charge in [0.25, 0.3) is 0 Å². The van der Waals surface area contributed by atoms with Crippen molar-refractivity contribution >= 4 is 17.6 Å². The molecule has 6 nitrogen and oxygen atoms in total. The van der Waals surface area contributed by atoms with E-state index in [0.717, 1.165) is 22.4 Å². The van der Waals surface area contributed by atoms with Gasteiger partial charge in [-0.25, -0.2) is 0 Å². The van der Waals surface area contributed by atoms with Crippen LogP contribution in [0.3, 0.4) is 0 Å². The molecule has 6 heteroatoms. The van der Waals surface area contributed by atoms with Gasteiger partial charge in [0.15, 0.2) is 5.41 Å². The Morgan fingerprint density at radius 3 is 2.06 bits per heavy atom. The van der Waals surface area contributed by atoms with E-state index in [9.17, 15) is 9.59 Å². The van der Waals surface area contributed by atoms with E-state index in [1.807, 2.05) is 78.9 Å². The third kappa shape index (κ3) is 3.93. The van der Waals surface area contributed by atoms with Crippen molar-refractivity contribution in [1.82, 2.24) is 0 Å². The number of ether oxygens (including phenoxy) is 3. The summed E-state index contributed by atoms with van der Waals surface area (Å²) in [6, 6.07) is 24.5. The molecule has 4 rings (SSSR count). The monoisotopic (exact) mass is 445 g/mol. The molecule has 0 spiro atoms. The van der Waals surface area contributed by atoms with Gasteiger partial charge < -0.3 is 19.1 Å². The van der Waals surface area contributed by atoms with Crippen LogP contribution in [0.1, 0.15) is 22.7 Å². The van der Waals surface area contributed by atoms with Gasteiger partial charge >= 0.3 is 11.9 Å². The lowest BCUT2D eigenvalue weighted by molar-refractivity contribution is -0.171. The van der Waals surface area contributed by atoms with Gasteiger partial charge in [0.1, 0.15) is 5.75 Å². The largest absolute Gasteiger partial charge is 0.497 e. The number of rotatable bonds is 6. The van der Waals surface area contributed by atoms with Crippen LogP contribution in [0.4, 0.5) is 5.69 Å². The number of esters is 2. The quantitative estimate of drug-likeness (QED) is 0.416. The second-order valence-electron chi connectivity index (χ2n) is 8.05. The number of fused-ring (bicyclic) bond motifs is 1. The number of hydrogen-bond donors (Lipinski definition) is 0. The van der Waals surface area contributed by atoms with E-state index in [1.54, 1.807) is 7.11 Å².